The molecule has 0 atom stereocenters. The van der Waals surface area contributed by atoms with Crippen molar-refractivity contribution in [2.45, 2.75) is 13.0 Å². The SMILES string of the molecule is [CH](CNCc1cccnc1)Cc1ccccc1. The average molecular weight is 225 g/mol. The molecular formula is C15H17N2. The molecule has 2 heteroatoms. The Bertz CT molecular complexity index is 370. The van der Waals surface area contributed by atoms with Crippen molar-refractivity contribution < 1.29 is 0 Å². The molecule has 1 heterocycles. The van der Waals surface area contributed by atoms with Crippen LogP contribution in [0.4, 0.5) is 0 Å². The van der Waals surface area contributed by atoms with Gasteiger partial charge < -0.3 is 5.32 Å². The van der Waals surface area contributed by atoms with Crippen molar-refractivity contribution in [2.75, 3.05) is 6.54 Å². The molecule has 2 rings (SSSR count). The maximum Gasteiger partial charge on any atom is 0.0312 e. The summed E-state index contributed by atoms with van der Waals surface area (Å²) < 4.78 is 0. The average Bonchev–Trinajstić information content (AvgIpc) is 2.41. The lowest BCUT2D eigenvalue weighted by atomic mass is 10.1. The molecule has 0 bridgehead atoms. The first-order chi connectivity index (χ1) is 8.45. The van der Waals surface area contributed by atoms with Crippen molar-refractivity contribution >= 4 is 0 Å². The van der Waals surface area contributed by atoms with Crippen molar-refractivity contribution in [3.8, 4) is 0 Å². The summed E-state index contributed by atoms with van der Waals surface area (Å²) in [5.41, 5.74) is 2.58. The van der Waals surface area contributed by atoms with E-state index in [0.29, 0.717) is 0 Å². The normalized spacial score (nSPS) is 10.4. The van der Waals surface area contributed by atoms with E-state index in [1.165, 1.54) is 11.1 Å². The van der Waals surface area contributed by atoms with E-state index in [2.05, 4.69) is 47.1 Å². The van der Waals surface area contributed by atoms with E-state index in [1.54, 1.807) is 6.20 Å². The molecule has 0 saturated carbocycles. The Kier molecular flexibility index (Phi) is 4.73. The number of hydrogen-bond donors (Lipinski definition) is 1. The number of pyridine rings is 1. The van der Waals surface area contributed by atoms with E-state index in [-0.39, 0.29) is 0 Å². The highest BCUT2D eigenvalue weighted by Crippen LogP contribution is 2.01. The number of benzene rings is 1. The summed E-state index contributed by atoms with van der Waals surface area (Å²) in [6, 6.07) is 14.5. The van der Waals surface area contributed by atoms with Gasteiger partial charge in [0.25, 0.3) is 0 Å². The van der Waals surface area contributed by atoms with Crippen molar-refractivity contribution in [1.82, 2.24) is 10.3 Å². The van der Waals surface area contributed by atoms with Crippen LogP contribution in [0.2, 0.25) is 0 Å². The molecule has 0 fully saturated rings. The third-order valence-corrected chi connectivity index (χ3v) is 2.56. The molecule has 0 saturated heterocycles. The maximum absolute atomic E-state index is 4.08. The van der Waals surface area contributed by atoms with Crippen LogP contribution in [-0.4, -0.2) is 11.5 Å². The third kappa shape index (κ3) is 4.37. The summed E-state index contributed by atoms with van der Waals surface area (Å²) >= 11 is 0. The highest BCUT2D eigenvalue weighted by molar-refractivity contribution is 5.16. The second kappa shape index (κ2) is 6.81. The topological polar surface area (TPSA) is 24.9 Å². The van der Waals surface area contributed by atoms with Crippen LogP contribution >= 0.6 is 0 Å². The van der Waals surface area contributed by atoms with Gasteiger partial charge in [0.1, 0.15) is 0 Å². The van der Waals surface area contributed by atoms with Crippen LogP contribution in [0.1, 0.15) is 11.1 Å². The zero-order valence-electron chi connectivity index (χ0n) is 9.84. The fraction of sp³-hybridized carbons (Fsp3) is 0.200. The van der Waals surface area contributed by atoms with Gasteiger partial charge in [0, 0.05) is 18.9 Å². The molecule has 1 N–H and O–H groups in total. The molecule has 0 aliphatic carbocycles. The van der Waals surface area contributed by atoms with Crippen molar-refractivity contribution in [2.24, 2.45) is 0 Å². The summed E-state index contributed by atoms with van der Waals surface area (Å²) in [6.45, 7) is 1.79. The number of nitrogens with zero attached hydrogens (tertiary/aromatic N) is 1. The van der Waals surface area contributed by atoms with E-state index in [4.69, 9.17) is 0 Å². The highest BCUT2D eigenvalue weighted by Gasteiger charge is 1.93. The Morgan fingerprint density at radius 3 is 2.59 bits per heavy atom. The lowest BCUT2D eigenvalue weighted by Crippen LogP contribution is -2.15. The summed E-state index contributed by atoms with van der Waals surface area (Å²) in [4.78, 5) is 4.08. The fourth-order valence-electron chi connectivity index (χ4n) is 1.67. The predicted molar refractivity (Wildman–Crippen MR) is 70.4 cm³/mol. The quantitative estimate of drug-likeness (QED) is 0.764. The van der Waals surface area contributed by atoms with Crippen LogP contribution in [0, 0.1) is 6.42 Å². The minimum atomic E-state index is 0.874. The fourth-order valence-corrected chi connectivity index (χ4v) is 1.67. The second-order valence-electron chi connectivity index (χ2n) is 3.97. The summed E-state index contributed by atoms with van der Waals surface area (Å²) in [7, 11) is 0. The molecule has 1 radical (unpaired) electrons. The zero-order chi connectivity index (χ0) is 11.8. The summed E-state index contributed by atoms with van der Waals surface area (Å²) in [6.07, 6.45) is 6.96. The minimum absolute atomic E-state index is 0.874. The van der Waals surface area contributed by atoms with Gasteiger partial charge in [-0.05, 0) is 36.6 Å². The monoisotopic (exact) mass is 225 g/mol. The Labute approximate surface area is 103 Å². The molecule has 0 amide bonds. The van der Waals surface area contributed by atoms with Gasteiger partial charge in [-0.3, -0.25) is 4.98 Å². The van der Waals surface area contributed by atoms with Gasteiger partial charge >= 0.3 is 0 Å². The Hall–Kier alpha value is -1.67. The lowest BCUT2D eigenvalue weighted by Gasteiger charge is -2.04. The van der Waals surface area contributed by atoms with Gasteiger partial charge in [-0.15, -0.1) is 0 Å². The van der Waals surface area contributed by atoms with E-state index in [9.17, 15) is 0 Å². The maximum atomic E-state index is 4.08. The van der Waals surface area contributed by atoms with E-state index >= 15 is 0 Å². The van der Waals surface area contributed by atoms with E-state index in [1.807, 2.05) is 18.3 Å². The van der Waals surface area contributed by atoms with Gasteiger partial charge in [0.05, 0.1) is 0 Å². The second-order valence-corrected chi connectivity index (χ2v) is 3.97. The first kappa shape index (κ1) is 11.8. The van der Waals surface area contributed by atoms with Crippen LogP contribution in [0.15, 0.2) is 54.9 Å². The van der Waals surface area contributed by atoms with Crippen LogP contribution < -0.4 is 5.32 Å². The molecule has 0 aliphatic rings. The van der Waals surface area contributed by atoms with Crippen molar-refractivity contribution in [1.29, 1.82) is 0 Å². The highest BCUT2D eigenvalue weighted by atomic mass is 14.8. The Balaban J connectivity index is 1.61. The van der Waals surface area contributed by atoms with Gasteiger partial charge in [0.15, 0.2) is 0 Å². The molecule has 0 aliphatic heterocycles. The molecular weight excluding hydrogens is 208 g/mol. The standard InChI is InChI=1S/C15H17N2/c1-2-6-14(7-3-1)8-4-10-16-12-15-9-5-11-17-13-15/h1-7,9,11,13,16H,8,10,12H2. The van der Waals surface area contributed by atoms with Gasteiger partial charge in [-0.2, -0.15) is 0 Å². The Morgan fingerprint density at radius 1 is 1.00 bits per heavy atom. The molecule has 1 aromatic heterocycles. The smallest absolute Gasteiger partial charge is 0.0312 e. The van der Waals surface area contributed by atoms with E-state index < -0.39 is 0 Å². The molecule has 17 heavy (non-hydrogen) atoms. The van der Waals surface area contributed by atoms with Gasteiger partial charge in [0.2, 0.25) is 0 Å². The summed E-state index contributed by atoms with van der Waals surface area (Å²) in [5, 5.41) is 3.38. The molecule has 87 valence electrons. The van der Waals surface area contributed by atoms with Crippen LogP contribution in [0.25, 0.3) is 0 Å². The molecule has 0 spiro atoms. The Morgan fingerprint density at radius 2 is 1.82 bits per heavy atom. The summed E-state index contributed by atoms with van der Waals surface area (Å²) in [5.74, 6) is 0. The predicted octanol–water partition coefficient (Wildman–Crippen LogP) is 2.62. The molecule has 0 unspecified atom stereocenters. The number of hydrogen-bond acceptors (Lipinski definition) is 2. The number of rotatable bonds is 6. The molecule has 2 nitrogen and oxygen atoms in total. The van der Waals surface area contributed by atoms with Crippen LogP contribution in [0.3, 0.4) is 0 Å². The van der Waals surface area contributed by atoms with E-state index in [0.717, 1.165) is 19.5 Å². The largest absolute Gasteiger partial charge is 0.312 e. The van der Waals surface area contributed by atoms with Gasteiger partial charge in [-0.1, -0.05) is 36.4 Å². The van der Waals surface area contributed by atoms with Crippen LogP contribution in [-0.2, 0) is 13.0 Å². The zero-order valence-corrected chi connectivity index (χ0v) is 9.84. The van der Waals surface area contributed by atoms with Crippen LogP contribution in [0.5, 0.6) is 0 Å². The lowest BCUT2D eigenvalue weighted by molar-refractivity contribution is 0.723. The van der Waals surface area contributed by atoms with Gasteiger partial charge in [-0.25, -0.2) is 0 Å². The van der Waals surface area contributed by atoms with Crippen molar-refractivity contribution in [3.05, 3.63) is 72.4 Å². The number of nitrogens with one attached hydrogen (secondary N) is 1. The first-order valence-corrected chi connectivity index (χ1v) is 5.90. The first-order valence-electron chi connectivity index (χ1n) is 5.90. The molecule has 1 aromatic carbocycles. The number of aromatic nitrogens is 1. The third-order valence-electron chi connectivity index (χ3n) is 2.56. The van der Waals surface area contributed by atoms with Crippen molar-refractivity contribution in [3.63, 3.8) is 0 Å². The minimum Gasteiger partial charge on any atom is -0.312 e. The molecule has 2 aromatic rings.